The topological polar surface area (TPSA) is 27.9 Å². The van der Waals surface area contributed by atoms with E-state index in [0.29, 0.717) is 0 Å². The molecule has 1 saturated heterocycles. The quantitative estimate of drug-likeness (QED) is 0.275. The molecule has 0 amide bonds. The molecule has 3 aliphatic heterocycles. The first kappa shape index (κ1) is 32.2. The van der Waals surface area contributed by atoms with Crippen molar-refractivity contribution in [2.45, 2.75) is 91.9 Å². The largest absolute Gasteiger partial charge is 0.496 e. The highest BCUT2D eigenvalue weighted by Gasteiger charge is 2.45. The number of likely N-dealkylation sites (N-methyl/N-ethyl adjacent to an activating group) is 1. The summed E-state index contributed by atoms with van der Waals surface area (Å²) >= 11 is 0. The highest BCUT2D eigenvalue weighted by molar-refractivity contribution is 6.03. The molecule has 4 aliphatic rings. The third-order valence-electron chi connectivity index (χ3n) is 11.0. The third-order valence-corrected chi connectivity index (χ3v) is 11.0. The molecule has 0 unspecified atom stereocenters. The molecule has 0 N–H and O–H groups in total. The van der Waals surface area contributed by atoms with Crippen LogP contribution in [0.3, 0.4) is 0 Å². The molecular weight excluding hydrogens is 566 g/mol. The van der Waals surface area contributed by atoms with E-state index in [9.17, 15) is 0 Å². The van der Waals surface area contributed by atoms with Crippen LogP contribution in [-0.2, 0) is 10.8 Å². The van der Waals surface area contributed by atoms with Crippen LogP contribution in [-0.4, -0.2) is 55.6 Å². The number of methoxy groups -OCH3 is 2. The Balaban J connectivity index is 1.39. The average molecular weight is 621 g/mol. The second-order valence-electron chi connectivity index (χ2n) is 14.4. The Hall–Kier alpha value is -3.73. The summed E-state index contributed by atoms with van der Waals surface area (Å²) in [4.78, 5) is 5.16. The molecule has 2 aromatic rings. The molecule has 0 atom stereocenters. The van der Waals surface area contributed by atoms with E-state index >= 15 is 0 Å². The van der Waals surface area contributed by atoms with Gasteiger partial charge in [0.25, 0.3) is 0 Å². The van der Waals surface area contributed by atoms with Crippen molar-refractivity contribution in [1.82, 2.24) is 4.90 Å². The number of anilines is 1. The van der Waals surface area contributed by atoms with Crippen molar-refractivity contribution < 1.29 is 14.0 Å². The van der Waals surface area contributed by atoms with Crippen molar-refractivity contribution in [2.24, 2.45) is 0 Å². The normalized spacial score (nSPS) is 21.9. The van der Waals surface area contributed by atoms with Crippen molar-refractivity contribution in [2.75, 3.05) is 45.3 Å². The van der Waals surface area contributed by atoms with E-state index < -0.39 is 0 Å². The summed E-state index contributed by atoms with van der Waals surface area (Å²) in [5.41, 5.74) is 14.6. The van der Waals surface area contributed by atoms with E-state index in [0.717, 1.165) is 50.5 Å². The minimum atomic E-state index is -0.105. The maximum Gasteiger partial charge on any atom is 0.210 e. The molecule has 3 heterocycles. The molecule has 0 aromatic heterocycles. The van der Waals surface area contributed by atoms with Crippen molar-refractivity contribution >= 4 is 17.1 Å². The first-order chi connectivity index (χ1) is 22.0. The zero-order valence-electron chi connectivity index (χ0n) is 29.9. The summed E-state index contributed by atoms with van der Waals surface area (Å²) in [7, 11) is 3.55. The van der Waals surface area contributed by atoms with Crippen LogP contribution in [0, 0.1) is 13.8 Å². The number of rotatable bonds is 8. The number of hydrogen-bond donors (Lipinski definition) is 0. The fraction of sp³-hybridized carbons (Fsp3) is 0.488. The minimum absolute atomic E-state index is 0.105. The Bertz CT molecular complexity index is 1710. The first-order valence-electron chi connectivity index (χ1n) is 17.4. The second kappa shape index (κ2) is 12.1. The van der Waals surface area contributed by atoms with Gasteiger partial charge in [0, 0.05) is 59.8 Å². The fourth-order valence-corrected chi connectivity index (χ4v) is 8.46. The van der Waals surface area contributed by atoms with Crippen molar-refractivity contribution in [3.63, 3.8) is 0 Å². The van der Waals surface area contributed by atoms with Gasteiger partial charge in [-0.15, -0.1) is 0 Å². The van der Waals surface area contributed by atoms with Crippen LogP contribution in [0.15, 0.2) is 71.1 Å². The maximum atomic E-state index is 5.73. The lowest BCUT2D eigenvalue weighted by atomic mass is 9.81. The number of hydrogen-bond acceptors (Lipinski definition) is 4. The van der Waals surface area contributed by atoms with Gasteiger partial charge in [-0.3, -0.25) is 0 Å². The monoisotopic (exact) mass is 620 g/mol. The van der Waals surface area contributed by atoms with Crippen LogP contribution in [0.4, 0.5) is 11.4 Å². The third kappa shape index (κ3) is 5.11. The Morgan fingerprint density at radius 3 is 2.09 bits per heavy atom. The van der Waals surface area contributed by atoms with Gasteiger partial charge < -0.3 is 19.3 Å². The highest BCUT2D eigenvalue weighted by Crippen LogP contribution is 2.50. The van der Waals surface area contributed by atoms with E-state index in [4.69, 9.17) is 9.47 Å². The van der Waals surface area contributed by atoms with Crippen LogP contribution in [0.25, 0.3) is 0 Å². The number of fused-ring (bicyclic) bond motifs is 2. The average Bonchev–Trinajstić information content (AvgIpc) is 3.77. The number of nitrogens with zero attached hydrogens (tertiary/aromatic N) is 3. The van der Waals surface area contributed by atoms with E-state index in [1.807, 2.05) is 0 Å². The van der Waals surface area contributed by atoms with Crippen molar-refractivity contribution in [1.29, 1.82) is 0 Å². The number of likely N-dealkylation sites (tertiary alicyclic amines) is 1. The van der Waals surface area contributed by atoms with E-state index in [1.165, 1.54) is 74.7 Å². The van der Waals surface area contributed by atoms with Gasteiger partial charge in [0.1, 0.15) is 18.0 Å². The molecule has 1 aliphatic carbocycles. The summed E-state index contributed by atoms with van der Waals surface area (Å²) in [6.07, 6.45) is 14.4. The van der Waals surface area contributed by atoms with E-state index in [1.54, 1.807) is 14.2 Å². The van der Waals surface area contributed by atoms with Crippen LogP contribution in [0.1, 0.15) is 89.5 Å². The second-order valence-corrected chi connectivity index (χ2v) is 14.4. The Morgan fingerprint density at radius 1 is 0.804 bits per heavy atom. The Morgan fingerprint density at radius 2 is 1.46 bits per heavy atom. The zero-order chi connectivity index (χ0) is 33.0. The molecular formula is C41H54N3O2+. The summed E-state index contributed by atoms with van der Waals surface area (Å²) in [5, 5.41) is 0. The molecule has 2 aromatic carbocycles. The number of aryl methyl sites for hydroxylation is 2. The predicted octanol–water partition coefficient (Wildman–Crippen LogP) is 9.04. The Labute approximate surface area is 277 Å². The van der Waals surface area contributed by atoms with Gasteiger partial charge in [0.2, 0.25) is 5.69 Å². The van der Waals surface area contributed by atoms with Gasteiger partial charge in [0.05, 0.1) is 19.6 Å². The Kier molecular flexibility index (Phi) is 8.50. The molecule has 6 rings (SSSR count). The fourth-order valence-electron chi connectivity index (χ4n) is 8.46. The standard InChI is InChI=1S/C41H54N3O2/c1-11-43-33-23-27(3)35(45-9)25-31(33)40(5,6)37(43)19-17-29-15-16-30(39(29)42-21-13-14-22-42)18-20-38-41(7,8)32-26-36(46-10)28(4)24-34(32)44(38)12-2/h17-20,23-26H,11-16,21-22H2,1-10H3/q+1. The number of allylic oxidation sites excluding steroid dienone is 7. The van der Waals surface area contributed by atoms with E-state index in [-0.39, 0.29) is 10.8 Å². The molecule has 1 fully saturated rings. The zero-order valence-corrected chi connectivity index (χ0v) is 29.9. The molecule has 0 radical (unpaired) electrons. The van der Waals surface area contributed by atoms with Crippen molar-refractivity contribution in [3.05, 3.63) is 93.4 Å². The molecule has 46 heavy (non-hydrogen) atoms. The summed E-state index contributed by atoms with van der Waals surface area (Å²) in [5.74, 6) is 1.94. The van der Waals surface area contributed by atoms with Crippen LogP contribution in [0.2, 0.25) is 0 Å². The van der Waals surface area contributed by atoms with Gasteiger partial charge in [-0.1, -0.05) is 26.0 Å². The lowest BCUT2D eigenvalue weighted by Gasteiger charge is -2.26. The highest BCUT2D eigenvalue weighted by atomic mass is 16.5. The van der Waals surface area contributed by atoms with Crippen molar-refractivity contribution in [3.8, 4) is 11.5 Å². The smallest absolute Gasteiger partial charge is 0.210 e. The first-order valence-corrected chi connectivity index (χ1v) is 17.4. The van der Waals surface area contributed by atoms with Gasteiger partial charge in [-0.2, -0.15) is 4.58 Å². The summed E-state index contributed by atoms with van der Waals surface area (Å²) in [6.45, 7) is 22.4. The van der Waals surface area contributed by atoms with Crippen LogP contribution < -0.4 is 14.4 Å². The summed E-state index contributed by atoms with van der Waals surface area (Å²) < 4.78 is 14.0. The molecule has 0 spiro atoms. The minimum Gasteiger partial charge on any atom is -0.496 e. The van der Waals surface area contributed by atoms with Crippen LogP contribution in [0.5, 0.6) is 11.5 Å². The number of benzene rings is 2. The molecule has 5 heteroatoms. The van der Waals surface area contributed by atoms with Gasteiger partial charge in [-0.25, -0.2) is 0 Å². The van der Waals surface area contributed by atoms with Gasteiger partial charge in [0.15, 0.2) is 5.71 Å². The van der Waals surface area contributed by atoms with E-state index in [2.05, 4.69) is 118 Å². The lowest BCUT2D eigenvalue weighted by molar-refractivity contribution is -0.433. The molecule has 244 valence electrons. The van der Waals surface area contributed by atoms with Crippen LogP contribution >= 0.6 is 0 Å². The lowest BCUT2D eigenvalue weighted by Crippen LogP contribution is -2.27. The number of ether oxygens (including phenoxy) is 2. The maximum absolute atomic E-state index is 5.73. The molecule has 0 bridgehead atoms. The van der Waals surface area contributed by atoms with Gasteiger partial charge in [-0.05, 0) is 119 Å². The van der Waals surface area contributed by atoms with Gasteiger partial charge >= 0.3 is 0 Å². The molecule has 5 nitrogen and oxygen atoms in total. The summed E-state index contributed by atoms with van der Waals surface area (Å²) in [6, 6.07) is 9.12. The SMILES string of the molecule is CCN1/C(=C/C=C2\CCC(/C=C/C3=[N+](CC)c4cc(C)c(OC)cc4C3(C)C)=C2N2CCCC2)C(C)(C)c2cc(OC)c(C)cc21. The molecule has 0 saturated carbocycles. The predicted molar refractivity (Wildman–Crippen MR) is 192 cm³/mol.